The molecule has 0 bridgehead atoms. The van der Waals surface area contributed by atoms with Crippen LogP contribution in [0, 0.1) is 0 Å². The molecule has 0 aromatic heterocycles. The normalized spacial score (nSPS) is 25.0. The van der Waals surface area contributed by atoms with E-state index in [0.29, 0.717) is 24.4 Å². The summed E-state index contributed by atoms with van der Waals surface area (Å²) in [6.45, 7) is 2.11. The molecule has 0 spiro atoms. The van der Waals surface area contributed by atoms with Crippen LogP contribution in [-0.2, 0) is 11.2 Å². The molecule has 0 radical (unpaired) electrons. The largest absolute Gasteiger partial charge is 0.497 e. The lowest BCUT2D eigenvalue weighted by Gasteiger charge is -2.35. The molecule has 0 aliphatic carbocycles. The summed E-state index contributed by atoms with van der Waals surface area (Å²) < 4.78 is 5.19. The molecular formula is C20H30N2O2. The van der Waals surface area contributed by atoms with Gasteiger partial charge >= 0.3 is 0 Å². The summed E-state index contributed by atoms with van der Waals surface area (Å²) in [4.78, 5) is 17.4. The highest BCUT2D eigenvalue weighted by molar-refractivity contribution is 5.77. The lowest BCUT2D eigenvalue weighted by molar-refractivity contribution is -0.132. The second kappa shape index (κ2) is 8.02. The van der Waals surface area contributed by atoms with E-state index in [-0.39, 0.29) is 0 Å². The molecule has 0 unspecified atom stereocenters. The van der Waals surface area contributed by atoms with Gasteiger partial charge in [0.1, 0.15) is 5.75 Å². The molecule has 2 aliphatic rings. The van der Waals surface area contributed by atoms with Crippen molar-refractivity contribution in [1.82, 2.24) is 9.80 Å². The summed E-state index contributed by atoms with van der Waals surface area (Å²) in [5, 5.41) is 0. The molecule has 24 heavy (non-hydrogen) atoms. The van der Waals surface area contributed by atoms with E-state index in [4.69, 9.17) is 4.74 Å². The minimum Gasteiger partial charge on any atom is -0.497 e. The summed E-state index contributed by atoms with van der Waals surface area (Å²) in [6.07, 6.45) is 7.58. The van der Waals surface area contributed by atoms with E-state index >= 15 is 0 Å². The van der Waals surface area contributed by atoms with E-state index in [9.17, 15) is 4.79 Å². The van der Waals surface area contributed by atoms with E-state index in [2.05, 4.69) is 29.0 Å². The topological polar surface area (TPSA) is 32.8 Å². The number of fused-ring (bicyclic) bond motifs is 1. The van der Waals surface area contributed by atoms with Crippen LogP contribution < -0.4 is 4.74 Å². The molecule has 0 saturated carbocycles. The maximum absolute atomic E-state index is 12.8. The third kappa shape index (κ3) is 3.92. The Labute approximate surface area is 145 Å². The summed E-state index contributed by atoms with van der Waals surface area (Å²) in [6, 6.07) is 9.05. The third-order valence-electron chi connectivity index (χ3n) is 5.69. The van der Waals surface area contributed by atoms with Gasteiger partial charge in [0.25, 0.3) is 0 Å². The fourth-order valence-electron chi connectivity index (χ4n) is 4.25. The van der Waals surface area contributed by atoms with Crippen molar-refractivity contribution < 1.29 is 9.53 Å². The van der Waals surface area contributed by atoms with Crippen LogP contribution in [0.2, 0.25) is 0 Å². The molecule has 4 heteroatoms. The SMILES string of the molecule is COc1ccc(CCC(=O)N2CC[C@H]3[C@H]2CCCCCN3C)cc1. The number of hydrogen-bond donors (Lipinski definition) is 0. The number of methoxy groups -OCH3 is 1. The molecule has 2 saturated heterocycles. The van der Waals surface area contributed by atoms with Gasteiger partial charge in [-0.05, 0) is 57.0 Å². The van der Waals surface area contributed by atoms with Gasteiger partial charge in [0.2, 0.25) is 5.91 Å². The van der Waals surface area contributed by atoms with Crippen LogP contribution in [0.1, 0.15) is 44.1 Å². The maximum atomic E-state index is 12.8. The van der Waals surface area contributed by atoms with Crippen molar-refractivity contribution in [2.75, 3.05) is 27.2 Å². The Balaban J connectivity index is 1.57. The van der Waals surface area contributed by atoms with Gasteiger partial charge in [0, 0.05) is 25.0 Å². The summed E-state index contributed by atoms with van der Waals surface area (Å²) >= 11 is 0. The maximum Gasteiger partial charge on any atom is 0.223 e. The highest BCUT2D eigenvalue weighted by Crippen LogP contribution is 2.29. The lowest BCUT2D eigenvalue weighted by atomic mass is 9.97. The Kier molecular flexibility index (Phi) is 5.77. The van der Waals surface area contributed by atoms with Crippen molar-refractivity contribution >= 4 is 5.91 Å². The zero-order chi connectivity index (χ0) is 16.9. The smallest absolute Gasteiger partial charge is 0.223 e. The highest BCUT2D eigenvalue weighted by atomic mass is 16.5. The standard InChI is InChI=1S/C20H30N2O2/c1-21-14-5-3-4-6-19-18(21)13-15-22(19)20(23)12-9-16-7-10-17(24-2)11-8-16/h7-8,10-11,18-19H,3-6,9,12-15H2,1-2H3/t18-,19+/m0/s1. The van der Waals surface area contributed by atoms with Crippen LogP contribution in [0.4, 0.5) is 0 Å². The average molecular weight is 330 g/mol. The number of carbonyl (C=O) groups excluding carboxylic acids is 1. The van der Waals surface area contributed by atoms with E-state index in [0.717, 1.165) is 25.1 Å². The Bertz CT molecular complexity index is 543. The van der Waals surface area contributed by atoms with Crippen LogP contribution in [0.25, 0.3) is 0 Å². The summed E-state index contributed by atoms with van der Waals surface area (Å²) in [7, 11) is 3.91. The summed E-state index contributed by atoms with van der Waals surface area (Å²) in [5.74, 6) is 1.19. The summed E-state index contributed by atoms with van der Waals surface area (Å²) in [5.41, 5.74) is 1.20. The predicted molar refractivity (Wildman–Crippen MR) is 96.3 cm³/mol. The molecular weight excluding hydrogens is 300 g/mol. The van der Waals surface area contributed by atoms with E-state index in [1.54, 1.807) is 7.11 Å². The zero-order valence-corrected chi connectivity index (χ0v) is 15.0. The molecule has 1 aromatic rings. The molecule has 2 fully saturated rings. The second-order valence-corrected chi connectivity index (χ2v) is 7.19. The minimum atomic E-state index is 0.326. The Morgan fingerprint density at radius 1 is 1.08 bits per heavy atom. The lowest BCUT2D eigenvalue weighted by Crippen LogP contribution is -2.46. The molecule has 1 aromatic carbocycles. The number of likely N-dealkylation sites (tertiary alicyclic amines) is 2. The molecule has 1 amide bonds. The number of ether oxygens (including phenoxy) is 1. The molecule has 2 aliphatic heterocycles. The first kappa shape index (κ1) is 17.3. The van der Waals surface area contributed by atoms with Crippen molar-refractivity contribution in [3.8, 4) is 5.75 Å². The molecule has 2 heterocycles. The van der Waals surface area contributed by atoms with Crippen LogP contribution >= 0.6 is 0 Å². The number of amides is 1. The number of rotatable bonds is 4. The Morgan fingerprint density at radius 3 is 2.62 bits per heavy atom. The molecule has 3 rings (SSSR count). The van der Waals surface area contributed by atoms with Gasteiger partial charge in [-0.2, -0.15) is 0 Å². The molecule has 0 N–H and O–H groups in total. The molecule has 132 valence electrons. The van der Waals surface area contributed by atoms with Crippen LogP contribution in [0.5, 0.6) is 5.75 Å². The van der Waals surface area contributed by atoms with Crippen molar-refractivity contribution in [3.63, 3.8) is 0 Å². The van der Waals surface area contributed by atoms with Gasteiger partial charge in [-0.1, -0.05) is 25.0 Å². The van der Waals surface area contributed by atoms with Gasteiger partial charge in [-0.25, -0.2) is 0 Å². The van der Waals surface area contributed by atoms with Crippen LogP contribution in [0.15, 0.2) is 24.3 Å². The number of likely N-dealkylation sites (N-methyl/N-ethyl adjacent to an activating group) is 1. The number of hydrogen-bond acceptors (Lipinski definition) is 3. The van der Waals surface area contributed by atoms with E-state index in [1.807, 2.05) is 12.1 Å². The zero-order valence-electron chi connectivity index (χ0n) is 15.0. The number of aryl methyl sites for hydroxylation is 1. The first-order chi connectivity index (χ1) is 11.7. The number of benzene rings is 1. The second-order valence-electron chi connectivity index (χ2n) is 7.19. The van der Waals surface area contributed by atoms with Crippen molar-refractivity contribution in [2.45, 2.75) is 57.0 Å². The number of carbonyl (C=O) groups is 1. The molecule has 4 nitrogen and oxygen atoms in total. The van der Waals surface area contributed by atoms with Gasteiger partial charge in [0.05, 0.1) is 7.11 Å². The first-order valence-corrected chi connectivity index (χ1v) is 9.31. The Hall–Kier alpha value is -1.55. The highest BCUT2D eigenvalue weighted by Gasteiger charge is 2.38. The van der Waals surface area contributed by atoms with Crippen molar-refractivity contribution in [3.05, 3.63) is 29.8 Å². The van der Waals surface area contributed by atoms with Gasteiger partial charge in [0.15, 0.2) is 0 Å². The average Bonchev–Trinajstić information content (AvgIpc) is 3.01. The van der Waals surface area contributed by atoms with Gasteiger partial charge in [-0.3, -0.25) is 4.79 Å². The van der Waals surface area contributed by atoms with Crippen molar-refractivity contribution in [1.29, 1.82) is 0 Å². The van der Waals surface area contributed by atoms with Crippen LogP contribution in [-0.4, -0.2) is 55.0 Å². The first-order valence-electron chi connectivity index (χ1n) is 9.31. The Morgan fingerprint density at radius 2 is 1.88 bits per heavy atom. The fraction of sp³-hybridized carbons (Fsp3) is 0.650. The third-order valence-corrected chi connectivity index (χ3v) is 5.69. The van der Waals surface area contributed by atoms with Crippen molar-refractivity contribution in [2.24, 2.45) is 0 Å². The fourth-order valence-corrected chi connectivity index (χ4v) is 4.25. The minimum absolute atomic E-state index is 0.326. The van der Waals surface area contributed by atoms with Gasteiger partial charge in [-0.15, -0.1) is 0 Å². The van der Waals surface area contributed by atoms with Crippen LogP contribution in [0.3, 0.4) is 0 Å². The van der Waals surface area contributed by atoms with E-state index < -0.39 is 0 Å². The quantitative estimate of drug-likeness (QED) is 0.850. The van der Waals surface area contributed by atoms with Gasteiger partial charge < -0.3 is 14.5 Å². The monoisotopic (exact) mass is 330 g/mol. The molecule has 2 atom stereocenters. The number of nitrogens with zero attached hydrogens (tertiary/aromatic N) is 2. The van der Waals surface area contributed by atoms with E-state index in [1.165, 1.54) is 37.8 Å². The predicted octanol–water partition coefficient (Wildman–Crippen LogP) is 3.10.